The Bertz CT molecular complexity index is 381. The average molecular weight is 241 g/mol. The Labute approximate surface area is 88.2 Å². The SMILES string of the molecule is Nc1c(Cl)c(Cl)nc(Cl)c1C(=O)O. The van der Waals surface area contributed by atoms with E-state index in [9.17, 15) is 4.79 Å². The zero-order valence-corrected chi connectivity index (χ0v) is 8.28. The summed E-state index contributed by atoms with van der Waals surface area (Å²) in [7, 11) is 0. The van der Waals surface area contributed by atoms with Crippen LogP contribution in [0.1, 0.15) is 10.4 Å². The number of carboxylic acid groups (broad SMARTS) is 1. The van der Waals surface area contributed by atoms with Gasteiger partial charge in [0.15, 0.2) is 5.15 Å². The van der Waals surface area contributed by atoms with Gasteiger partial charge in [-0.3, -0.25) is 0 Å². The van der Waals surface area contributed by atoms with Gasteiger partial charge in [0.1, 0.15) is 15.7 Å². The van der Waals surface area contributed by atoms with Crippen molar-refractivity contribution in [2.45, 2.75) is 0 Å². The van der Waals surface area contributed by atoms with Crippen LogP contribution in [0.5, 0.6) is 0 Å². The number of rotatable bonds is 1. The number of nitrogens with two attached hydrogens (primary N) is 1. The Hall–Kier alpha value is -0.710. The number of anilines is 1. The molecule has 1 aromatic heterocycles. The van der Waals surface area contributed by atoms with E-state index in [1.165, 1.54) is 0 Å². The quantitative estimate of drug-likeness (QED) is 0.740. The van der Waals surface area contributed by atoms with E-state index in [0.717, 1.165) is 0 Å². The largest absolute Gasteiger partial charge is 0.478 e. The monoisotopic (exact) mass is 240 g/mol. The first-order valence-electron chi connectivity index (χ1n) is 2.98. The highest BCUT2D eigenvalue weighted by Crippen LogP contribution is 2.32. The number of hydrogen-bond donors (Lipinski definition) is 2. The number of aromatic carboxylic acids is 1. The second kappa shape index (κ2) is 3.57. The van der Waals surface area contributed by atoms with Gasteiger partial charge in [0.05, 0.1) is 5.69 Å². The van der Waals surface area contributed by atoms with E-state index in [2.05, 4.69) is 4.98 Å². The highest BCUT2D eigenvalue weighted by Gasteiger charge is 2.19. The van der Waals surface area contributed by atoms with Gasteiger partial charge in [0.25, 0.3) is 0 Å². The van der Waals surface area contributed by atoms with Crippen LogP contribution in [-0.2, 0) is 0 Å². The van der Waals surface area contributed by atoms with E-state index in [1.807, 2.05) is 0 Å². The molecule has 7 heteroatoms. The maximum Gasteiger partial charge on any atom is 0.341 e. The first-order valence-corrected chi connectivity index (χ1v) is 4.11. The molecule has 0 aliphatic rings. The Kier molecular flexibility index (Phi) is 2.85. The Morgan fingerprint density at radius 3 is 2.31 bits per heavy atom. The Morgan fingerprint density at radius 1 is 1.31 bits per heavy atom. The zero-order valence-electron chi connectivity index (χ0n) is 6.01. The molecular formula is C6H3Cl3N2O2. The number of aromatic nitrogens is 1. The topological polar surface area (TPSA) is 76.2 Å². The molecule has 0 spiro atoms. The predicted octanol–water partition coefficient (Wildman–Crippen LogP) is 2.32. The molecule has 13 heavy (non-hydrogen) atoms. The number of carboxylic acids is 1. The lowest BCUT2D eigenvalue weighted by molar-refractivity contribution is 0.0698. The fourth-order valence-corrected chi connectivity index (χ4v) is 1.36. The van der Waals surface area contributed by atoms with E-state index < -0.39 is 5.97 Å². The van der Waals surface area contributed by atoms with Crippen molar-refractivity contribution in [1.82, 2.24) is 4.98 Å². The normalized spacial score (nSPS) is 10.1. The molecule has 3 N–H and O–H groups in total. The molecule has 0 atom stereocenters. The number of carbonyl (C=O) groups is 1. The minimum Gasteiger partial charge on any atom is -0.478 e. The van der Waals surface area contributed by atoms with Gasteiger partial charge < -0.3 is 10.8 Å². The smallest absolute Gasteiger partial charge is 0.341 e. The molecule has 1 heterocycles. The predicted molar refractivity (Wildman–Crippen MR) is 50.6 cm³/mol. The van der Waals surface area contributed by atoms with Crippen molar-refractivity contribution in [3.63, 3.8) is 0 Å². The van der Waals surface area contributed by atoms with Crippen LogP contribution >= 0.6 is 34.8 Å². The summed E-state index contributed by atoms with van der Waals surface area (Å²) in [5.74, 6) is -1.30. The van der Waals surface area contributed by atoms with Gasteiger partial charge in [-0.2, -0.15) is 0 Å². The van der Waals surface area contributed by atoms with Crippen LogP contribution in [-0.4, -0.2) is 16.1 Å². The lowest BCUT2D eigenvalue weighted by Gasteiger charge is -2.05. The molecule has 1 rings (SSSR count). The second-order valence-corrected chi connectivity index (χ2v) is 3.20. The summed E-state index contributed by atoms with van der Waals surface area (Å²) in [6, 6.07) is 0. The first-order chi connectivity index (χ1) is 5.95. The molecule has 0 aliphatic heterocycles. The van der Waals surface area contributed by atoms with Gasteiger partial charge in [0.2, 0.25) is 0 Å². The molecule has 0 radical (unpaired) electrons. The van der Waals surface area contributed by atoms with Gasteiger partial charge in [0, 0.05) is 0 Å². The summed E-state index contributed by atoms with van der Waals surface area (Å²) < 4.78 is 0. The Morgan fingerprint density at radius 2 is 1.85 bits per heavy atom. The summed E-state index contributed by atoms with van der Waals surface area (Å²) in [5.41, 5.74) is 4.85. The maximum absolute atomic E-state index is 10.6. The van der Waals surface area contributed by atoms with Gasteiger partial charge in [-0.25, -0.2) is 9.78 Å². The molecule has 0 unspecified atom stereocenters. The van der Waals surface area contributed by atoms with Gasteiger partial charge in [-0.1, -0.05) is 34.8 Å². The maximum atomic E-state index is 10.6. The highest BCUT2D eigenvalue weighted by atomic mass is 35.5. The molecule has 0 amide bonds. The summed E-state index contributed by atoms with van der Waals surface area (Å²) in [4.78, 5) is 14.1. The molecular weight excluding hydrogens is 238 g/mol. The van der Waals surface area contributed by atoms with Crippen molar-refractivity contribution >= 4 is 46.5 Å². The van der Waals surface area contributed by atoms with Crippen LogP contribution in [0.15, 0.2) is 0 Å². The number of halogens is 3. The minimum absolute atomic E-state index is 0.108. The third-order valence-corrected chi connectivity index (χ3v) is 2.33. The van der Waals surface area contributed by atoms with Crippen molar-refractivity contribution in [3.05, 3.63) is 20.9 Å². The van der Waals surface area contributed by atoms with Crippen molar-refractivity contribution in [1.29, 1.82) is 0 Å². The summed E-state index contributed by atoms with van der Waals surface area (Å²) in [5, 5.41) is 8.15. The first kappa shape index (κ1) is 10.4. The molecule has 70 valence electrons. The van der Waals surface area contributed by atoms with Crippen LogP contribution < -0.4 is 5.73 Å². The highest BCUT2D eigenvalue weighted by molar-refractivity contribution is 6.44. The van der Waals surface area contributed by atoms with Crippen LogP contribution in [0.25, 0.3) is 0 Å². The average Bonchev–Trinajstić information content (AvgIpc) is 1.99. The fourth-order valence-electron chi connectivity index (χ4n) is 0.727. The number of nitrogen functional groups attached to an aromatic ring is 1. The number of hydrogen-bond acceptors (Lipinski definition) is 3. The lowest BCUT2D eigenvalue weighted by atomic mass is 10.2. The Balaban J connectivity index is 3.53. The van der Waals surface area contributed by atoms with E-state index in [4.69, 9.17) is 45.6 Å². The van der Waals surface area contributed by atoms with Crippen LogP contribution in [0.3, 0.4) is 0 Å². The van der Waals surface area contributed by atoms with Crippen molar-refractivity contribution in [2.24, 2.45) is 0 Å². The van der Waals surface area contributed by atoms with Crippen LogP contribution in [0.4, 0.5) is 5.69 Å². The number of nitrogens with zero attached hydrogens (tertiary/aromatic N) is 1. The molecule has 0 saturated heterocycles. The molecule has 0 fully saturated rings. The molecule has 0 saturated carbocycles. The zero-order chi connectivity index (χ0) is 10.2. The molecule has 4 nitrogen and oxygen atoms in total. The molecule has 0 aliphatic carbocycles. The van der Waals surface area contributed by atoms with Crippen molar-refractivity contribution < 1.29 is 9.90 Å². The van der Waals surface area contributed by atoms with E-state index in [0.29, 0.717) is 0 Å². The second-order valence-electron chi connectivity index (χ2n) is 2.10. The van der Waals surface area contributed by atoms with Crippen molar-refractivity contribution in [3.8, 4) is 0 Å². The van der Waals surface area contributed by atoms with E-state index in [-0.39, 0.29) is 26.6 Å². The van der Waals surface area contributed by atoms with Crippen molar-refractivity contribution in [2.75, 3.05) is 5.73 Å². The van der Waals surface area contributed by atoms with E-state index in [1.54, 1.807) is 0 Å². The summed E-state index contributed by atoms with van der Waals surface area (Å²) >= 11 is 16.5. The third-order valence-electron chi connectivity index (χ3n) is 1.30. The number of pyridine rings is 1. The van der Waals surface area contributed by atoms with Gasteiger partial charge >= 0.3 is 5.97 Å². The molecule has 1 aromatic rings. The summed E-state index contributed by atoms with van der Waals surface area (Å²) in [6.45, 7) is 0. The molecule has 0 aromatic carbocycles. The summed E-state index contributed by atoms with van der Waals surface area (Å²) in [6.07, 6.45) is 0. The fraction of sp³-hybridized carbons (Fsp3) is 0. The third kappa shape index (κ3) is 1.80. The lowest BCUT2D eigenvalue weighted by Crippen LogP contribution is -2.05. The van der Waals surface area contributed by atoms with Gasteiger partial charge in [-0.15, -0.1) is 0 Å². The van der Waals surface area contributed by atoms with E-state index >= 15 is 0 Å². The van der Waals surface area contributed by atoms with Gasteiger partial charge in [-0.05, 0) is 0 Å². The van der Waals surface area contributed by atoms with Crippen LogP contribution in [0.2, 0.25) is 15.3 Å². The van der Waals surface area contributed by atoms with Crippen LogP contribution in [0, 0.1) is 0 Å². The molecule has 0 bridgehead atoms. The minimum atomic E-state index is -1.30. The standard InChI is InChI=1S/C6H3Cl3N2O2/c7-2-3(10)1(6(12)13)4(8)11-5(2)9/h(H2,10,11)(H,12,13).